The first-order chi connectivity index (χ1) is 12.6. The van der Waals surface area contributed by atoms with Gasteiger partial charge < -0.3 is 9.47 Å². The van der Waals surface area contributed by atoms with Crippen LogP contribution in [0, 0.1) is 0 Å². The molecule has 0 unspecified atom stereocenters. The van der Waals surface area contributed by atoms with E-state index in [-0.39, 0.29) is 11.6 Å². The van der Waals surface area contributed by atoms with E-state index in [0.717, 1.165) is 0 Å². The molecule has 1 rings (SSSR count). The smallest absolute Gasteiger partial charge is 0.341 e. The average Bonchev–Trinajstić information content (AvgIpc) is 2.59. The van der Waals surface area contributed by atoms with Gasteiger partial charge in [0.15, 0.2) is 5.78 Å². The van der Waals surface area contributed by atoms with Crippen LogP contribution in [0.2, 0.25) is 5.02 Å². The molecule has 7 nitrogen and oxygen atoms in total. The van der Waals surface area contributed by atoms with Crippen LogP contribution >= 0.6 is 11.6 Å². The highest BCUT2D eigenvalue weighted by molar-refractivity contribution is 6.32. The van der Waals surface area contributed by atoms with Crippen molar-refractivity contribution < 1.29 is 24.5 Å². The Hall–Kier alpha value is -2.34. The van der Waals surface area contributed by atoms with Crippen molar-refractivity contribution in [1.29, 1.82) is 0 Å². The number of esters is 1. The van der Waals surface area contributed by atoms with E-state index in [0.29, 0.717) is 5.56 Å². The average molecular weight is 342 g/mol. The molecule has 0 fully saturated rings. The molecule has 0 heterocycles. The highest BCUT2D eigenvalue weighted by atomic mass is 35.5. The second kappa shape index (κ2) is 10.4. The van der Waals surface area contributed by atoms with Crippen molar-refractivity contribution in [2.45, 2.75) is 6.92 Å². The molecule has 0 aromatic heterocycles. The molecule has 0 aliphatic heterocycles. The fourth-order valence-corrected chi connectivity index (χ4v) is 1.65. The van der Waals surface area contributed by atoms with E-state index < -0.39 is 37.0 Å². The lowest BCUT2D eigenvalue weighted by molar-refractivity contribution is -0.140. The molecule has 0 atom stereocenters. The van der Waals surface area contributed by atoms with Crippen molar-refractivity contribution in [2.24, 2.45) is 5.11 Å². The summed E-state index contributed by atoms with van der Waals surface area (Å²) in [5.41, 5.74) is 8.20. The number of carbonyl (C=O) groups excluding carboxylic acids is 2. The van der Waals surface area contributed by atoms with Gasteiger partial charge in [-0.1, -0.05) is 34.9 Å². The van der Waals surface area contributed by atoms with E-state index in [1.807, 2.05) is 0 Å². The molecule has 0 saturated carbocycles. The molecule has 0 amide bonds. The van der Waals surface area contributed by atoms with Crippen LogP contribution in [0.25, 0.3) is 16.5 Å². The second-order valence-electron chi connectivity index (χ2n) is 3.92. The summed E-state index contributed by atoms with van der Waals surface area (Å²) >= 11 is 6.00. The van der Waals surface area contributed by atoms with Crippen LogP contribution in [0.3, 0.4) is 0 Å². The van der Waals surface area contributed by atoms with Crippen molar-refractivity contribution in [2.75, 3.05) is 26.3 Å². The number of nitrogens with zero attached hydrogens (tertiary/aromatic N) is 3. The summed E-state index contributed by atoms with van der Waals surface area (Å²) < 4.78 is 39.2. The van der Waals surface area contributed by atoms with Gasteiger partial charge in [0.2, 0.25) is 0 Å². The van der Waals surface area contributed by atoms with E-state index in [2.05, 4.69) is 14.8 Å². The number of Topliss-reactive ketones (excluding diaryl/α,β-unsaturated/α-hetero) is 1. The number of azide groups is 1. The third-order valence-corrected chi connectivity index (χ3v) is 2.76. The zero-order valence-electron chi connectivity index (χ0n) is 16.2. The Morgan fingerprint density at radius 1 is 1.48 bits per heavy atom. The minimum Gasteiger partial charge on any atom is -0.462 e. The van der Waals surface area contributed by atoms with Crippen LogP contribution in [-0.2, 0) is 19.1 Å². The predicted octanol–water partition coefficient (Wildman–Crippen LogP) is 3.18. The third kappa shape index (κ3) is 6.52. The topological polar surface area (TPSA) is 101 Å². The van der Waals surface area contributed by atoms with E-state index in [1.165, 1.54) is 6.08 Å². The Bertz CT molecular complexity index is 795. The van der Waals surface area contributed by atoms with Crippen LogP contribution in [0.15, 0.2) is 35.0 Å². The number of rotatable bonds is 9. The zero-order valence-corrected chi connectivity index (χ0v) is 12.9. The summed E-state index contributed by atoms with van der Waals surface area (Å²) in [4.78, 5) is 26.7. The molecular weight excluding hydrogens is 322 g/mol. The minimum absolute atomic E-state index is 0.00685. The molecule has 0 saturated heterocycles. The molecule has 0 aliphatic carbocycles. The van der Waals surface area contributed by atoms with Crippen molar-refractivity contribution in [3.63, 3.8) is 0 Å². The molecule has 23 heavy (non-hydrogen) atoms. The minimum atomic E-state index is -3.11. The SMILES string of the molecule is [2H]C([2H])(N=[N+]=[N-])C([2H])([2H])OCC(=O)/C(=C/c1ccccc1Cl)C(=O)OCC. The summed E-state index contributed by atoms with van der Waals surface area (Å²) in [5.74, 6) is -1.93. The standard InChI is InChI=1S/C15H16ClN3O4/c1-2-23-15(21)12(9-11-5-3-4-6-13(11)16)14(20)10-22-8-7-18-19-17/h3-6,9H,2,7-8,10H2,1H3/b12-9-/i7D2,8D2. The first-order valence-electron chi connectivity index (χ1n) is 8.42. The quantitative estimate of drug-likeness (QED) is 0.131. The van der Waals surface area contributed by atoms with E-state index >= 15 is 0 Å². The van der Waals surface area contributed by atoms with Gasteiger partial charge in [0, 0.05) is 19.2 Å². The number of hydrogen-bond donors (Lipinski definition) is 0. The molecule has 1 aromatic carbocycles. The molecule has 122 valence electrons. The fourth-order valence-electron chi connectivity index (χ4n) is 1.46. The lowest BCUT2D eigenvalue weighted by atomic mass is 10.1. The number of halogens is 1. The number of ketones is 1. The van der Waals surface area contributed by atoms with Gasteiger partial charge in [-0.3, -0.25) is 4.79 Å². The van der Waals surface area contributed by atoms with E-state index in [9.17, 15) is 9.59 Å². The maximum absolute atomic E-state index is 12.4. The van der Waals surface area contributed by atoms with Crippen molar-refractivity contribution in [3.8, 4) is 0 Å². The summed E-state index contributed by atoms with van der Waals surface area (Å²) in [6.45, 7) is -5.65. The van der Waals surface area contributed by atoms with Gasteiger partial charge in [-0.2, -0.15) is 0 Å². The van der Waals surface area contributed by atoms with Gasteiger partial charge in [0.1, 0.15) is 12.2 Å². The number of hydrogen-bond acceptors (Lipinski definition) is 5. The van der Waals surface area contributed by atoms with Gasteiger partial charge in [-0.15, -0.1) is 0 Å². The fraction of sp³-hybridized carbons (Fsp3) is 0.333. The maximum Gasteiger partial charge on any atom is 0.341 e. The Morgan fingerprint density at radius 2 is 2.22 bits per heavy atom. The summed E-state index contributed by atoms with van der Waals surface area (Å²) in [5, 5.41) is 2.94. The first kappa shape index (κ1) is 13.1. The highest BCUT2D eigenvalue weighted by Gasteiger charge is 2.20. The Balaban J connectivity index is 3.10. The molecule has 0 bridgehead atoms. The van der Waals surface area contributed by atoms with Gasteiger partial charge in [-0.05, 0) is 30.2 Å². The van der Waals surface area contributed by atoms with Crippen molar-refractivity contribution in [3.05, 3.63) is 50.9 Å². The van der Waals surface area contributed by atoms with Gasteiger partial charge in [0.05, 0.1) is 15.9 Å². The summed E-state index contributed by atoms with van der Waals surface area (Å²) in [6.07, 6.45) is 1.17. The van der Waals surface area contributed by atoms with Crippen molar-refractivity contribution in [1.82, 2.24) is 0 Å². The predicted molar refractivity (Wildman–Crippen MR) is 85.9 cm³/mol. The lowest BCUT2D eigenvalue weighted by Gasteiger charge is -2.07. The Morgan fingerprint density at radius 3 is 2.87 bits per heavy atom. The van der Waals surface area contributed by atoms with Gasteiger partial charge in [-0.25, -0.2) is 4.79 Å². The van der Waals surface area contributed by atoms with E-state index in [1.54, 1.807) is 31.2 Å². The van der Waals surface area contributed by atoms with Crippen LogP contribution < -0.4 is 0 Å². The molecular formula is C15H16ClN3O4. The maximum atomic E-state index is 12.4. The number of ether oxygens (including phenoxy) is 2. The number of carbonyl (C=O) groups is 2. The Labute approximate surface area is 144 Å². The Kier molecular flexibility index (Phi) is 5.94. The highest BCUT2D eigenvalue weighted by Crippen LogP contribution is 2.19. The largest absolute Gasteiger partial charge is 0.462 e. The number of benzene rings is 1. The van der Waals surface area contributed by atoms with Crippen molar-refractivity contribution >= 4 is 29.4 Å². The molecule has 0 aliphatic rings. The molecule has 0 N–H and O–H groups in total. The van der Waals surface area contributed by atoms with Crippen LogP contribution in [0.1, 0.15) is 18.0 Å². The third-order valence-electron chi connectivity index (χ3n) is 2.42. The monoisotopic (exact) mass is 341 g/mol. The molecule has 1 aromatic rings. The summed E-state index contributed by atoms with van der Waals surface area (Å²) in [6, 6.07) is 6.38. The zero-order chi connectivity index (χ0) is 20.7. The lowest BCUT2D eigenvalue weighted by Crippen LogP contribution is -2.20. The van der Waals surface area contributed by atoms with Crippen LogP contribution in [0.4, 0.5) is 0 Å². The summed E-state index contributed by atoms with van der Waals surface area (Å²) in [7, 11) is 0. The molecule has 8 heteroatoms. The normalized spacial score (nSPS) is 14.6. The first-order valence-corrected chi connectivity index (χ1v) is 6.80. The van der Waals surface area contributed by atoms with Crippen LogP contribution in [0.5, 0.6) is 0 Å². The molecule has 0 spiro atoms. The van der Waals surface area contributed by atoms with Gasteiger partial charge >= 0.3 is 5.97 Å². The second-order valence-corrected chi connectivity index (χ2v) is 4.32. The van der Waals surface area contributed by atoms with E-state index in [4.69, 9.17) is 27.4 Å². The van der Waals surface area contributed by atoms with Crippen LogP contribution in [-0.4, -0.2) is 38.0 Å². The molecule has 0 radical (unpaired) electrons. The van der Waals surface area contributed by atoms with Gasteiger partial charge in [0.25, 0.3) is 0 Å².